The Bertz CT molecular complexity index is 735. The Morgan fingerprint density at radius 1 is 1.39 bits per heavy atom. The molecule has 1 aliphatic carbocycles. The van der Waals surface area contributed by atoms with Gasteiger partial charge in [0.1, 0.15) is 5.75 Å². The molecule has 0 spiro atoms. The predicted octanol–water partition coefficient (Wildman–Crippen LogP) is 3.65. The van der Waals surface area contributed by atoms with E-state index in [9.17, 15) is 18.0 Å². The lowest BCUT2D eigenvalue weighted by molar-refractivity contribution is -0.179. The van der Waals surface area contributed by atoms with Crippen LogP contribution in [-0.2, 0) is 5.54 Å². The average molecular weight is 345 g/mol. The Balaban J connectivity index is 2.31. The van der Waals surface area contributed by atoms with Crippen LogP contribution in [-0.4, -0.2) is 19.3 Å². The highest BCUT2D eigenvalue weighted by Crippen LogP contribution is 2.50. The van der Waals surface area contributed by atoms with Gasteiger partial charge in [0.05, 0.1) is 23.4 Å². The molecule has 3 rings (SSSR count). The standard InChI is InChI=1S/C15H12ClF3N2O2/c1-23-12-9(16)4-5-10-11(12)14(15(17,18)19,21-13(22)20-10)7-6-8-2-3-8/h4-5,8H,2-3H2,1H3,(H2,20,21,22)/t14-/m0/s1. The van der Waals surface area contributed by atoms with E-state index in [-0.39, 0.29) is 27.9 Å². The zero-order valence-corrected chi connectivity index (χ0v) is 12.7. The number of rotatable bonds is 1. The molecule has 122 valence electrons. The van der Waals surface area contributed by atoms with Gasteiger partial charge < -0.3 is 15.4 Å². The molecule has 23 heavy (non-hydrogen) atoms. The number of fused-ring (bicyclic) bond motifs is 1. The number of carbonyl (C=O) groups is 1. The molecule has 0 radical (unpaired) electrons. The summed E-state index contributed by atoms with van der Waals surface area (Å²) in [5.74, 6) is 4.59. The molecule has 0 unspecified atom stereocenters. The molecule has 0 bridgehead atoms. The molecule has 1 atom stereocenters. The number of alkyl halides is 3. The van der Waals surface area contributed by atoms with Crippen molar-refractivity contribution in [2.45, 2.75) is 24.6 Å². The topological polar surface area (TPSA) is 50.4 Å². The molecule has 2 N–H and O–H groups in total. The molecule has 1 aromatic rings. The first kappa shape index (κ1) is 15.8. The van der Waals surface area contributed by atoms with Crippen molar-refractivity contribution in [3.8, 4) is 17.6 Å². The van der Waals surface area contributed by atoms with Crippen LogP contribution in [0.3, 0.4) is 0 Å². The second-order valence-corrected chi connectivity index (χ2v) is 5.78. The number of nitrogens with one attached hydrogen (secondary N) is 2. The van der Waals surface area contributed by atoms with Crippen molar-refractivity contribution in [2.24, 2.45) is 5.92 Å². The highest BCUT2D eigenvalue weighted by molar-refractivity contribution is 6.32. The quantitative estimate of drug-likeness (QED) is 0.764. The summed E-state index contributed by atoms with van der Waals surface area (Å²) in [5, 5.41) is 4.26. The number of anilines is 1. The average Bonchev–Trinajstić information content (AvgIpc) is 3.28. The van der Waals surface area contributed by atoms with E-state index in [0.717, 1.165) is 12.8 Å². The number of amides is 2. The maximum atomic E-state index is 13.9. The van der Waals surface area contributed by atoms with Gasteiger partial charge in [0.15, 0.2) is 0 Å². The minimum atomic E-state index is -4.85. The van der Waals surface area contributed by atoms with E-state index in [1.165, 1.54) is 19.2 Å². The van der Waals surface area contributed by atoms with Gasteiger partial charge in [-0.3, -0.25) is 0 Å². The molecule has 0 aromatic heterocycles. The third-order valence-corrected chi connectivity index (χ3v) is 4.00. The van der Waals surface area contributed by atoms with Crippen LogP contribution < -0.4 is 15.4 Å². The van der Waals surface area contributed by atoms with Crippen LogP contribution in [0.2, 0.25) is 5.02 Å². The van der Waals surface area contributed by atoms with Gasteiger partial charge in [0, 0.05) is 5.92 Å². The first-order chi connectivity index (χ1) is 10.8. The fourth-order valence-corrected chi connectivity index (χ4v) is 2.67. The molecule has 1 fully saturated rings. The van der Waals surface area contributed by atoms with Crippen molar-refractivity contribution in [3.05, 3.63) is 22.7 Å². The molecule has 1 heterocycles. The SMILES string of the molecule is COc1c(Cl)ccc2c1[C@@](C#CC1CC1)(C(F)(F)F)NC(=O)N2. The number of benzene rings is 1. The molecule has 8 heteroatoms. The lowest BCUT2D eigenvalue weighted by Gasteiger charge is -2.38. The number of ether oxygens (including phenoxy) is 1. The molecule has 2 amide bonds. The van der Waals surface area contributed by atoms with E-state index in [2.05, 4.69) is 17.2 Å². The summed E-state index contributed by atoms with van der Waals surface area (Å²) >= 11 is 5.97. The summed E-state index contributed by atoms with van der Waals surface area (Å²) in [7, 11) is 1.22. The van der Waals surface area contributed by atoms with Gasteiger partial charge in [-0.2, -0.15) is 13.2 Å². The van der Waals surface area contributed by atoms with Crippen molar-refractivity contribution in [1.29, 1.82) is 0 Å². The summed E-state index contributed by atoms with van der Waals surface area (Å²) < 4.78 is 46.8. The van der Waals surface area contributed by atoms with Gasteiger partial charge >= 0.3 is 12.2 Å². The summed E-state index contributed by atoms with van der Waals surface area (Å²) in [6.45, 7) is 0. The zero-order chi connectivity index (χ0) is 16.8. The summed E-state index contributed by atoms with van der Waals surface area (Å²) in [6.07, 6.45) is -3.33. The third kappa shape index (κ3) is 2.57. The lowest BCUT2D eigenvalue weighted by Crippen LogP contribution is -2.59. The third-order valence-electron chi connectivity index (χ3n) is 3.70. The molecule has 2 aliphatic rings. The minimum Gasteiger partial charge on any atom is -0.495 e. The maximum absolute atomic E-state index is 13.9. The van der Waals surface area contributed by atoms with Crippen LogP contribution in [0.1, 0.15) is 18.4 Å². The summed E-state index contributed by atoms with van der Waals surface area (Å²) in [4.78, 5) is 11.8. The highest BCUT2D eigenvalue weighted by atomic mass is 35.5. The Labute approximate surface area is 135 Å². The largest absolute Gasteiger partial charge is 0.495 e. The van der Waals surface area contributed by atoms with Crippen LogP contribution >= 0.6 is 11.6 Å². The first-order valence-corrected chi connectivity index (χ1v) is 7.22. The molecule has 4 nitrogen and oxygen atoms in total. The van der Waals surface area contributed by atoms with Gasteiger partial charge in [0.2, 0.25) is 5.54 Å². The minimum absolute atomic E-state index is 0.00560. The van der Waals surface area contributed by atoms with Crippen LogP contribution in [0.4, 0.5) is 23.7 Å². The van der Waals surface area contributed by atoms with Gasteiger partial charge in [-0.05, 0) is 25.0 Å². The van der Waals surface area contributed by atoms with E-state index >= 15 is 0 Å². The number of urea groups is 1. The maximum Gasteiger partial charge on any atom is 0.427 e. The molecule has 1 aromatic carbocycles. The van der Waals surface area contributed by atoms with Crippen molar-refractivity contribution in [2.75, 3.05) is 12.4 Å². The van der Waals surface area contributed by atoms with E-state index in [0.29, 0.717) is 0 Å². The number of carbonyl (C=O) groups excluding carboxylic acids is 1. The normalized spacial score (nSPS) is 23.1. The van der Waals surface area contributed by atoms with Gasteiger partial charge in [-0.25, -0.2) is 4.79 Å². The molecule has 0 saturated heterocycles. The van der Waals surface area contributed by atoms with E-state index in [4.69, 9.17) is 16.3 Å². The van der Waals surface area contributed by atoms with Crippen LogP contribution in [0.25, 0.3) is 0 Å². The van der Waals surface area contributed by atoms with Crippen molar-refractivity contribution < 1.29 is 22.7 Å². The fourth-order valence-electron chi connectivity index (χ4n) is 2.43. The Morgan fingerprint density at radius 2 is 2.09 bits per heavy atom. The lowest BCUT2D eigenvalue weighted by atomic mass is 9.85. The number of hydrogen-bond donors (Lipinski definition) is 2. The van der Waals surface area contributed by atoms with E-state index in [1.807, 2.05) is 5.32 Å². The van der Waals surface area contributed by atoms with Crippen molar-refractivity contribution in [1.82, 2.24) is 5.32 Å². The van der Waals surface area contributed by atoms with Crippen LogP contribution in [0, 0.1) is 17.8 Å². The molecule has 1 saturated carbocycles. The Morgan fingerprint density at radius 3 is 2.65 bits per heavy atom. The van der Waals surface area contributed by atoms with E-state index < -0.39 is 17.7 Å². The number of hydrogen-bond acceptors (Lipinski definition) is 2. The molecular formula is C15H12ClF3N2O2. The number of methoxy groups -OCH3 is 1. The smallest absolute Gasteiger partial charge is 0.427 e. The van der Waals surface area contributed by atoms with Crippen molar-refractivity contribution in [3.63, 3.8) is 0 Å². The Hall–Kier alpha value is -2.07. The van der Waals surface area contributed by atoms with Gasteiger partial charge in [0.25, 0.3) is 0 Å². The number of halogens is 4. The zero-order valence-electron chi connectivity index (χ0n) is 12.0. The van der Waals surface area contributed by atoms with Gasteiger partial charge in [-0.1, -0.05) is 23.4 Å². The second kappa shape index (κ2) is 5.24. The van der Waals surface area contributed by atoms with Crippen molar-refractivity contribution >= 4 is 23.3 Å². The van der Waals surface area contributed by atoms with Crippen LogP contribution in [0.15, 0.2) is 12.1 Å². The summed E-state index contributed by atoms with van der Waals surface area (Å²) in [6, 6.07) is 1.68. The summed E-state index contributed by atoms with van der Waals surface area (Å²) in [5.41, 5.74) is -3.21. The monoisotopic (exact) mass is 344 g/mol. The molecular weight excluding hydrogens is 333 g/mol. The highest BCUT2D eigenvalue weighted by Gasteiger charge is 2.61. The predicted molar refractivity (Wildman–Crippen MR) is 78.4 cm³/mol. The van der Waals surface area contributed by atoms with Crippen LogP contribution in [0.5, 0.6) is 5.75 Å². The Kier molecular flexibility index (Phi) is 3.60. The molecule has 1 aliphatic heterocycles. The fraction of sp³-hybridized carbons (Fsp3) is 0.400. The van der Waals surface area contributed by atoms with E-state index in [1.54, 1.807) is 0 Å². The van der Waals surface area contributed by atoms with Gasteiger partial charge in [-0.15, -0.1) is 0 Å². The second-order valence-electron chi connectivity index (χ2n) is 5.37. The first-order valence-electron chi connectivity index (χ1n) is 6.84.